The fourth-order valence-corrected chi connectivity index (χ4v) is 2.59. The number of aliphatic imine (C=N–C) groups is 1. The number of rotatable bonds is 4. The molecule has 120 valence electrons. The second-order valence-corrected chi connectivity index (χ2v) is 5.97. The number of halogens is 1. The van der Waals surface area contributed by atoms with Gasteiger partial charge in [0.1, 0.15) is 12.0 Å². The lowest BCUT2D eigenvalue weighted by Gasteiger charge is -2.59. The molecule has 0 saturated heterocycles. The van der Waals surface area contributed by atoms with Gasteiger partial charge in [0.15, 0.2) is 5.96 Å². The van der Waals surface area contributed by atoms with E-state index in [2.05, 4.69) is 41.6 Å². The second-order valence-electron chi connectivity index (χ2n) is 5.97. The summed E-state index contributed by atoms with van der Waals surface area (Å²) in [4.78, 5) is 4.24. The molecule has 0 spiro atoms. The van der Waals surface area contributed by atoms with Crippen LogP contribution >= 0.6 is 24.0 Å². The minimum absolute atomic E-state index is 0. The van der Waals surface area contributed by atoms with Gasteiger partial charge in [-0.25, -0.2) is 0 Å². The lowest BCUT2D eigenvalue weighted by atomic mass is 9.56. The molecule has 2 rings (SSSR count). The van der Waals surface area contributed by atoms with Crippen molar-refractivity contribution >= 4 is 29.9 Å². The topological polar surface area (TPSA) is 71.7 Å². The van der Waals surface area contributed by atoms with Gasteiger partial charge in [-0.3, -0.25) is 4.99 Å². The maximum Gasteiger partial charge on any atom is 0.191 e. The van der Waals surface area contributed by atoms with Gasteiger partial charge in [-0.1, -0.05) is 19.0 Å². The Balaban J connectivity index is 0.00000220. The molecule has 6 nitrogen and oxygen atoms in total. The highest BCUT2D eigenvalue weighted by Crippen LogP contribution is 2.51. The van der Waals surface area contributed by atoms with Crippen LogP contribution in [0.25, 0.3) is 0 Å². The molecule has 2 N–H and O–H groups in total. The molecule has 0 bridgehead atoms. The molecule has 0 radical (unpaired) electrons. The van der Waals surface area contributed by atoms with Crippen molar-refractivity contribution in [1.82, 2.24) is 15.8 Å². The summed E-state index contributed by atoms with van der Waals surface area (Å²) in [6.45, 7) is 7.16. The summed E-state index contributed by atoms with van der Waals surface area (Å²) >= 11 is 0. The minimum atomic E-state index is -0.0877. The van der Waals surface area contributed by atoms with E-state index in [1.54, 1.807) is 20.4 Å². The third kappa shape index (κ3) is 3.50. The second kappa shape index (κ2) is 6.95. The molecule has 1 aromatic heterocycles. The molecule has 1 aromatic rings. The molecule has 1 aliphatic carbocycles. The standard InChI is InChI=1S/C14H24N4O2.HI/c1-13(2)11(8-14(13,3)19-5)17-12(15-4)16-9-10-6-7-20-18-10;/h6-7,11H,8-9H2,1-5H3,(H2,15,16,17);1H. The quantitative estimate of drug-likeness (QED) is 0.454. The lowest BCUT2D eigenvalue weighted by molar-refractivity contribution is -0.176. The van der Waals surface area contributed by atoms with Gasteiger partial charge in [0, 0.05) is 31.7 Å². The smallest absolute Gasteiger partial charge is 0.191 e. The summed E-state index contributed by atoms with van der Waals surface area (Å²) in [7, 11) is 3.54. The van der Waals surface area contributed by atoms with Gasteiger partial charge < -0.3 is 19.9 Å². The molecular weight excluding hydrogens is 383 g/mol. The third-order valence-electron chi connectivity index (χ3n) is 4.74. The van der Waals surface area contributed by atoms with Crippen molar-refractivity contribution in [1.29, 1.82) is 0 Å². The van der Waals surface area contributed by atoms with Crippen molar-refractivity contribution in [3.05, 3.63) is 18.0 Å². The Kier molecular flexibility index (Phi) is 6.03. The number of nitrogens with zero attached hydrogens (tertiary/aromatic N) is 2. The average Bonchev–Trinajstić information content (AvgIpc) is 2.95. The van der Waals surface area contributed by atoms with E-state index in [9.17, 15) is 0 Å². The Hall–Kier alpha value is -0.830. The number of hydrogen-bond acceptors (Lipinski definition) is 4. The summed E-state index contributed by atoms with van der Waals surface area (Å²) in [6.07, 6.45) is 2.52. The predicted octanol–water partition coefficient (Wildman–Crippen LogP) is 2.16. The number of nitrogens with one attached hydrogen (secondary N) is 2. The van der Waals surface area contributed by atoms with Crippen molar-refractivity contribution in [2.75, 3.05) is 14.2 Å². The van der Waals surface area contributed by atoms with Crippen LogP contribution in [0.2, 0.25) is 0 Å². The molecule has 21 heavy (non-hydrogen) atoms. The van der Waals surface area contributed by atoms with Gasteiger partial charge in [0.25, 0.3) is 0 Å². The summed E-state index contributed by atoms with van der Waals surface area (Å²) in [5.41, 5.74) is 0.811. The highest BCUT2D eigenvalue weighted by Gasteiger charge is 2.58. The normalized spacial score (nSPS) is 27.5. The molecule has 2 atom stereocenters. The Morgan fingerprint density at radius 2 is 2.24 bits per heavy atom. The van der Waals surface area contributed by atoms with Crippen molar-refractivity contribution in [3.63, 3.8) is 0 Å². The van der Waals surface area contributed by atoms with Crippen LogP contribution in [-0.2, 0) is 11.3 Å². The van der Waals surface area contributed by atoms with Crippen LogP contribution < -0.4 is 10.6 Å². The van der Waals surface area contributed by atoms with E-state index in [4.69, 9.17) is 9.26 Å². The Bertz CT molecular complexity index is 475. The first-order valence-corrected chi connectivity index (χ1v) is 6.84. The average molecular weight is 408 g/mol. The van der Waals surface area contributed by atoms with Crippen LogP contribution in [0.5, 0.6) is 0 Å². The number of aromatic nitrogens is 1. The summed E-state index contributed by atoms with van der Waals surface area (Å²) < 4.78 is 10.4. The lowest BCUT2D eigenvalue weighted by Crippen LogP contribution is -2.69. The Morgan fingerprint density at radius 1 is 1.52 bits per heavy atom. The molecule has 1 heterocycles. The molecule has 7 heteroatoms. The summed E-state index contributed by atoms with van der Waals surface area (Å²) in [6, 6.07) is 2.16. The molecule has 1 saturated carbocycles. The van der Waals surface area contributed by atoms with E-state index in [0.29, 0.717) is 12.6 Å². The first-order chi connectivity index (χ1) is 9.43. The van der Waals surface area contributed by atoms with E-state index in [1.807, 2.05) is 6.07 Å². The minimum Gasteiger partial charge on any atom is -0.378 e. The van der Waals surface area contributed by atoms with E-state index >= 15 is 0 Å². The van der Waals surface area contributed by atoms with Crippen LogP contribution in [0.1, 0.15) is 32.9 Å². The van der Waals surface area contributed by atoms with Gasteiger partial charge in [-0.05, 0) is 13.3 Å². The van der Waals surface area contributed by atoms with Crippen molar-refractivity contribution < 1.29 is 9.26 Å². The predicted molar refractivity (Wildman–Crippen MR) is 92.9 cm³/mol. The fraction of sp³-hybridized carbons (Fsp3) is 0.714. The number of guanidine groups is 1. The summed E-state index contributed by atoms with van der Waals surface area (Å²) in [5, 5.41) is 10.5. The zero-order chi connectivity index (χ0) is 14.8. The molecule has 0 amide bonds. The molecule has 0 aliphatic heterocycles. The van der Waals surface area contributed by atoms with Gasteiger partial charge in [-0.2, -0.15) is 0 Å². The van der Waals surface area contributed by atoms with E-state index in [0.717, 1.165) is 18.1 Å². The van der Waals surface area contributed by atoms with Gasteiger partial charge in [0.2, 0.25) is 0 Å². The summed E-state index contributed by atoms with van der Waals surface area (Å²) in [5.74, 6) is 0.768. The van der Waals surface area contributed by atoms with Crippen LogP contribution in [0.4, 0.5) is 0 Å². The highest BCUT2D eigenvalue weighted by atomic mass is 127. The molecule has 1 aliphatic rings. The Labute approximate surface area is 143 Å². The SMILES string of the molecule is CN=C(NCc1ccon1)NC1CC(C)(OC)C1(C)C.I. The fourth-order valence-electron chi connectivity index (χ4n) is 2.59. The monoisotopic (exact) mass is 408 g/mol. The van der Waals surface area contributed by atoms with Crippen LogP contribution in [0.15, 0.2) is 21.8 Å². The molecule has 2 unspecified atom stereocenters. The Morgan fingerprint density at radius 3 is 2.71 bits per heavy atom. The number of ether oxygens (including phenoxy) is 1. The number of methoxy groups -OCH3 is 1. The van der Waals surface area contributed by atoms with Gasteiger partial charge in [-0.15, -0.1) is 24.0 Å². The molecular formula is C14H25IN4O2. The zero-order valence-electron chi connectivity index (χ0n) is 13.3. The van der Waals surface area contributed by atoms with Crippen molar-refractivity contribution in [2.45, 2.75) is 45.4 Å². The first kappa shape index (κ1) is 18.2. The van der Waals surface area contributed by atoms with Crippen molar-refractivity contribution in [3.8, 4) is 0 Å². The van der Waals surface area contributed by atoms with Gasteiger partial charge in [0.05, 0.1) is 12.1 Å². The zero-order valence-corrected chi connectivity index (χ0v) is 15.6. The third-order valence-corrected chi connectivity index (χ3v) is 4.74. The first-order valence-electron chi connectivity index (χ1n) is 6.84. The highest BCUT2D eigenvalue weighted by molar-refractivity contribution is 14.0. The maximum absolute atomic E-state index is 5.63. The van der Waals surface area contributed by atoms with E-state index < -0.39 is 0 Å². The molecule has 1 fully saturated rings. The van der Waals surface area contributed by atoms with Crippen LogP contribution in [0, 0.1) is 5.41 Å². The van der Waals surface area contributed by atoms with Crippen LogP contribution in [-0.4, -0.2) is 36.9 Å². The van der Waals surface area contributed by atoms with E-state index in [1.165, 1.54) is 0 Å². The van der Waals surface area contributed by atoms with E-state index in [-0.39, 0.29) is 35.0 Å². The molecule has 0 aromatic carbocycles. The number of hydrogen-bond donors (Lipinski definition) is 2. The maximum atomic E-state index is 5.63. The largest absolute Gasteiger partial charge is 0.378 e. The van der Waals surface area contributed by atoms with Gasteiger partial charge >= 0.3 is 0 Å². The van der Waals surface area contributed by atoms with Crippen LogP contribution in [0.3, 0.4) is 0 Å². The van der Waals surface area contributed by atoms with Crippen molar-refractivity contribution in [2.24, 2.45) is 10.4 Å².